The van der Waals surface area contributed by atoms with Crippen molar-refractivity contribution in [3.63, 3.8) is 0 Å². The maximum Gasteiger partial charge on any atom is 0.153 e. The third-order valence-corrected chi connectivity index (χ3v) is 4.62. The van der Waals surface area contributed by atoms with Gasteiger partial charge in [-0.1, -0.05) is 0 Å². The molecule has 24 heavy (non-hydrogen) atoms. The normalized spacial score (nSPS) is 15.8. The molecule has 1 aliphatic rings. The number of aromatic nitrogens is 2. The van der Waals surface area contributed by atoms with Gasteiger partial charge in [-0.05, 0) is 26.0 Å². The topological polar surface area (TPSA) is 106 Å². The average molecular weight is 322 g/mol. The van der Waals surface area contributed by atoms with Crippen molar-refractivity contribution in [3.05, 3.63) is 46.1 Å². The predicted molar refractivity (Wildman–Crippen MR) is 87.6 cm³/mol. The molecule has 0 unspecified atom stereocenters. The number of fused-ring (bicyclic) bond motifs is 1. The number of hydrogen-bond acceptors (Lipinski definition) is 5. The second-order valence-electron chi connectivity index (χ2n) is 5.74. The van der Waals surface area contributed by atoms with Gasteiger partial charge in [0.25, 0.3) is 0 Å². The Bertz CT molecular complexity index is 960. The summed E-state index contributed by atoms with van der Waals surface area (Å²) in [6.07, 6.45) is 0. The van der Waals surface area contributed by atoms with Gasteiger partial charge in [-0.2, -0.15) is 15.6 Å². The molecular weight excluding hydrogens is 307 g/mol. The van der Waals surface area contributed by atoms with Crippen molar-refractivity contribution in [1.82, 2.24) is 15.1 Å². The van der Waals surface area contributed by atoms with E-state index in [1.165, 1.54) is 6.07 Å². The van der Waals surface area contributed by atoms with Gasteiger partial charge in [0.15, 0.2) is 5.82 Å². The van der Waals surface area contributed by atoms with E-state index in [-0.39, 0.29) is 11.4 Å². The number of anilines is 1. The van der Waals surface area contributed by atoms with Crippen LogP contribution in [0.1, 0.15) is 25.3 Å². The van der Waals surface area contributed by atoms with E-state index in [2.05, 4.69) is 22.3 Å². The van der Waals surface area contributed by atoms with Crippen molar-refractivity contribution in [2.75, 3.05) is 12.8 Å². The van der Waals surface area contributed by atoms with E-state index in [0.29, 0.717) is 33.4 Å². The van der Waals surface area contributed by atoms with Crippen molar-refractivity contribution in [2.45, 2.75) is 19.8 Å². The molecule has 0 bridgehead atoms. The van der Waals surface area contributed by atoms with E-state index in [4.69, 9.17) is 5.73 Å². The van der Waals surface area contributed by atoms with Crippen molar-refractivity contribution in [2.24, 2.45) is 0 Å². The molecule has 0 saturated carbocycles. The lowest BCUT2D eigenvalue weighted by molar-refractivity contribution is 0.486. The molecule has 3 rings (SSSR count). The Morgan fingerprint density at radius 1 is 1.21 bits per heavy atom. The van der Waals surface area contributed by atoms with Crippen LogP contribution >= 0.6 is 0 Å². The summed E-state index contributed by atoms with van der Waals surface area (Å²) in [5.41, 5.74) is 8.61. The quantitative estimate of drug-likeness (QED) is 0.839. The molecule has 2 heterocycles. The molecule has 0 amide bonds. The lowest BCUT2D eigenvalue weighted by Crippen LogP contribution is -2.26. The molecule has 1 aliphatic heterocycles. The van der Waals surface area contributed by atoms with Crippen LogP contribution in [0.3, 0.4) is 0 Å². The maximum atomic E-state index is 14.7. The Labute approximate surface area is 138 Å². The number of H-pyrrole nitrogens is 1. The highest BCUT2D eigenvalue weighted by Gasteiger charge is 2.33. The monoisotopic (exact) mass is 322 g/mol. The third kappa shape index (κ3) is 2.03. The zero-order chi connectivity index (χ0) is 17.6. The van der Waals surface area contributed by atoms with Crippen LogP contribution in [0.5, 0.6) is 0 Å². The first kappa shape index (κ1) is 15.6. The fraction of sp³-hybridized carbons (Fsp3) is 0.235. The van der Waals surface area contributed by atoms with E-state index >= 15 is 0 Å². The molecule has 3 N–H and O–H groups in total. The number of rotatable bonds is 1. The van der Waals surface area contributed by atoms with E-state index < -0.39 is 11.7 Å². The third-order valence-electron chi connectivity index (χ3n) is 4.62. The van der Waals surface area contributed by atoms with Gasteiger partial charge in [0.05, 0.1) is 34.7 Å². The Hall–Kier alpha value is -3.32. The van der Waals surface area contributed by atoms with Gasteiger partial charge in [0.1, 0.15) is 5.82 Å². The standard InChI is InChI=1S/C17H15FN6/c1-8-12(6-19)16(13(7-20)9(2)24(8)3)10-4-11-15(5-14(10)18)22-23-17(11)21/h4-5,16H,1-3H3,(H3,21,22,23). The first-order valence-electron chi connectivity index (χ1n) is 7.29. The minimum absolute atomic E-state index is 0.246. The summed E-state index contributed by atoms with van der Waals surface area (Å²) < 4.78 is 14.7. The fourth-order valence-corrected chi connectivity index (χ4v) is 3.07. The highest BCUT2D eigenvalue weighted by atomic mass is 19.1. The highest BCUT2D eigenvalue weighted by molar-refractivity contribution is 5.89. The van der Waals surface area contributed by atoms with Crippen LogP contribution in [-0.4, -0.2) is 22.1 Å². The summed E-state index contributed by atoms with van der Waals surface area (Å²) >= 11 is 0. The van der Waals surface area contributed by atoms with Crippen LogP contribution in [0.4, 0.5) is 10.2 Å². The van der Waals surface area contributed by atoms with Gasteiger partial charge in [-0.15, -0.1) is 0 Å². The molecular formula is C17H15FN6. The molecule has 7 heteroatoms. The Morgan fingerprint density at radius 3 is 2.33 bits per heavy atom. The molecule has 1 aromatic heterocycles. The number of benzene rings is 1. The summed E-state index contributed by atoms with van der Waals surface area (Å²) in [5, 5.41) is 26.3. The molecule has 0 spiro atoms. The van der Waals surface area contributed by atoms with Crippen LogP contribution in [0, 0.1) is 28.5 Å². The van der Waals surface area contributed by atoms with Gasteiger partial charge in [0.2, 0.25) is 0 Å². The predicted octanol–water partition coefficient (Wildman–Crippen LogP) is 2.91. The molecule has 0 saturated heterocycles. The number of nitrogens with two attached hydrogens (primary N) is 1. The van der Waals surface area contributed by atoms with Crippen molar-refractivity contribution in [1.29, 1.82) is 10.5 Å². The van der Waals surface area contributed by atoms with Crippen molar-refractivity contribution < 1.29 is 4.39 Å². The number of hydrogen-bond donors (Lipinski definition) is 2. The van der Waals surface area contributed by atoms with Gasteiger partial charge >= 0.3 is 0 Å². The maximum absolute atomic E-state index is 14.7. The largest absolute Gasteiger partial charge is 0.382 e. The fourth-order valence-electron chi connectivity index (χ4n) is 3.07. The Balaban J connectivity index is 2.34. The molecule has 0 radical (unpaired) electrons. The summed E-state index contributed by atoms with van der Waals surface area (Å²) in [6, 6.07) is 7.12. The first-order valence-corrected chi connectivity index (χ1v) is 7.29. The second-order valence-corrected chi connectivity index (χ2v) is 5.74. The summed E-state index contributed by atoms with van der Waals surface area (Å²) in [4.78, 5) is 1.77. The van der Waals surface area contributed by atoms with Crippen LogP contribution in [0.15, 0.2) is 34.7 Å². The zero-order valence-electron chi connectivity index (χ0n) is 13.5. The molecule has 2 aromatic rings. The number of aromatic amines is 1. The average Bonchev–Trinajstić information content (AvgIpc) is 2.92. The van der Waals surface area contributed by atoms with Crippen LogP contribution in [0.2, 0.25) is 0 Å². The van der Waals surface area contributed by atoms with E-state index in [0.717, 1.165) is 0 Å². The van der Waals surface area contributed by atoms with Crippen molar-refractivity contribution in [3.8, 4) is 12.1 Å². The van der Waals surface area contributed by atoms with Gasteiger partial charge in [-0.25, -0.2) is 4.39 Å². The van der Waals surface area contributed by atoms with E-state index in [1.54, 1.807) is 31.9 Å². The number of allylic oxidation sites excluding steroid dienone is 4. The zero-order valence-corrected chi connectivity index (χ0v) is 13.5. The first-order chi connectivity index (χ1) is 11.4. The number of halogens is 1. The second kappa shape index (κ2) is 5.39. The van der Waals surface area contributed by atoms with Gasteiger partial charge in [-0.3, -0.25) is 5.10 Å². The van der Waals surface area contributed by atoms with E-state index in [1.807, 2.05) is 0 Å². The molecule has 1 aromatic carbocycles. The van der Waals surface area contributed by atoms with Crippen molar-refractivity contribution >= 4 is 16.7 Å². The molecule has 120 valence electrons. The Kier molecular flexibility index (Phi) is 3.50. The number of nitriles is 2. The molecule has 0 fully saturated rings. The summed E-state index contributed by atoms with van der Waals surface area (Å²) in [6.45, 7) is 3.57. The van der Waals surface area contributed by atoms with Crippen LogP contribution < -0.4 is 5.73 Å². The molecule has 0 aliphatic carbocycles. The van der Waals surface area contributed by atoms with E-state index in [9.17, 15) is 14.9 Å². The SMILES string of the molecule is CC1=C(C#N)C(c2cc3c(N)n[nH]c3cc2F)C(C#N)=C(C)N1C. The number of nitrogens with one attached hydrogen (secondary N) is 1. The van der Waals surface area contributed by atoms with Crippen LogP contribution in [0.25, 0.3) is 10.9 Å². The lowest BCUT2D eigenvalue weighted by Gasteiger charge is -2.32. The van der Waals surface area contributed by atoms with Gasteiger partial charge in [0, 0.05) is 29.4 Å². The lowest BCUT2D eigenvalue weighted by atomic mass is 9.80. The van der Waals surface area contributed by atoms with Crippen LogP contribution in [-0.2, 0) is 0 Å². The van der Waals surface area contributed by atoms with Gasteiger partial charge < -0.3 is 10.6 Å². The smallest absolute Gasteiger partial charge is 0.153 e. The number of nitrogen functional groups attached to an aromatic ring is 1. The minimum Gasteiger partial charge on any atom is -0.382 e. The summed E-state index contributed by atoms with van der Waals surface area (Å²) in [7, 11) is 1.78. The summed E-state index contributed by atoms with van der Waals surface area (Å²) in [5.74, 6) is -1.02. The Morgan fingerprint density at radius 2 is 1.79 bits per heavy atom. The molecule has 6 nitrogen and oxygen atoms in total. The highest BCUT2D eigenvalue weighted by Crippen LogP contribution is 2.42. The molecule has 0 atom stereocenters. The minimum atomic E-state index is -0.755. The number of nitrogens with zero attached hydrogens (tertiary/aromatic N) is 4.